The van der Waals surface area contributed by atoms with Gasteiger partial charge in [0.2, 0.25) is 0 Å². The average Bonchev–Trinajstić information content (AvgIpc) is 3.11. The SMILES string of the molecule is C=CC(C)(C)c1[nH]c2cccc3c2c1[C@]1(O)[C@H](C[C@@H](Cl)[C@](C)(C=C)[C@@H]1[N-]C)C3(C)C. The molecule has 2 aromatic rings. The summed E-state index contributed by atoms with van der Waals surface area (Å²) in [6.07, 6.45) is 4.53. The molecule has 0 amide bonds. The fourth-order valence-electron chi connectivity index (χ4n) is 6.31. The van der Waals surface area contributed by atoms with Crippen LogP contribution in [-0.2, 0) is 16.4 Å². The predicted molar refractivity (Wildman–Crippen MR) is 128 cm³/mol. The molecule has 0 aliphatic heterocycles. The Morgan fingerprint density at radius 3 is 2.50 bits per heavy atom. The van der Waals surface area contributed by atoms with E-state index < -0.39 is 17.1 Å². The molecule has 2 aliphatic rings. The van der Waals surface area contributed by atoms with E-state index in [1.807, 2.05) is 12.2 Å². The normalized spacial score (nSPS) is 35.1. The molecular formula is C26H34ClN2O-. The first kappa shape index (κ1) is 21.7. The summed E-state index contributed by atoms with van der Waals surface area (Å²) in [6.45, 7) is 19.0. The van der Waals surface area contributed by atoms with Crippen LogP contribution in [0.5, 0.6) is 0 Å². The van der Waals surface area contributed by atoms with Crippen molar-refractivity contribution in [2.75, 3.05) is 7.05 Å². The van der Waals surface area contributed by atoms with E-state index in [1.54, 1.807) is 7.05 Å². The summed E-state index contributed by atoms with van der Waals surface area (Å²) >= 11 is 7.00. The number of halogens is 1. The van der Waals surface area contributed by atoms with E-state index in [1.165, 1.54) is 5.56 Å². The topological polar surface area (TPSA) is 50.1 Å². The molecule has 30 heavy (non-hydrogen) atoms. The molecule has 3 nitrogen and oxygen atoms in total. The third kappa shape index (κ3) is 2.40. The molecule has 1 heterocycles. The molecule has 4 rings (SSSR count). The van der Waals surface area contributed by atoms with Crippen molar-refractivity contribution < 1.29 is 5.11 Å². The van der Waals surface area contributed by atoms with Gasteiger partial charge in [0, 0.05) is 38.9 Å². The first-order valence-electron chi connectivity index (χ1n) is 10.8. The number of nitrogens with one attached hydrogen (secondary N) is 1. The molecule has 1 saturated carbocycles. The molecular weight excluding hydrogens is 392 g/mol. The smallest absolute Gasteiger partial charge is 0.0807 e. The fraction of sp³-hybridized carbons (Fsp3) is 0.538. The monoisotopic (exact) mass is 425 g/mol. The average molecular weight is 426 g/mol. The number of nitrogens with zero attached hydrogens (tertiary/aromatic N) is 1. The van der Waals surface area contributed by atoms with Gasteiger partial charge < -0.3 is 15.4 Å². The standard InChI is InChI=1S/C26H34ClN2O/c1-9-23(3,4)21-20-19-15(12-11-13-16(19)29-21)24(5,6)17-14-18(27)25(7,10-2)22(28-8)26(17,20)30/h9-13,17-18,22,29-30H,1-2,14H2,3-8H3/q-1/t17-,18-,22+,25+,26-/m1/s1. The van der Waals surface area contributed by atoms with Crippen LogP contribution in [0.1, 0.15) is 57.9 Å². The molecule has 2 N–H and O–H groups in total. The van der Waals surface area contributed by atoms with E-state index >= 15 is 0 Å². The van der Waals surface area contributed by atoms with Gasteiger partial charge in [-0.05, 0) is 28.9 Å². The maximum Gasteiger partial charge on any atom is 0.0807 e. The lowest BCUT2D eigenvalue weighted by atomic mass is 9.48. The molecule has 1 aromatic heterocycles. The van der Waals surface area contributed by atoms with Crippen LogP contribution in [-0.4, -0.2) is 28.6 Å². The molecule has 0 bridgehead atoms. The Morgan fingerprint density at radius 2 is 1.93 bits per heavy atom. The summed E-state index contributed by atoms with van der Waals surface area (Å²) < 4.78 is 0. The van der Waals surface area contributed by atoms with Crippen LogP contribution >= 0.6 is 11.6 Å². The Labute approximate surface area is 185 Å². The Balaban J connectivity index is 2.19. The molecule has 0 radical (unpaired) electrons. The number of hydrogen-bond acceptors (Lipinski definition) is 1. The highest BCUT2D eigenvalue weighted by atomic mass is 35.5. The number of alkyl halides is 1. The number of H-pyrrole nitrogens is 1. The molecule has 1 aromatic carbocycles. The van der Waals surface area contributed by atoms with Crippen molar-refractivity contribution in [1.29, 1.82) is 0 Å². The predicted octanol–water partition coefficient (Wildman–Crippen LogP) is 6.30. The summed E-state index contributed by atoms with van der Waals surface area (Å²) in [4.78, 5) is 3.65. The summed E-state index contributed by atoms with van der Waals surface area (Å²) in [6, 6.07) is 6.00. The quantitative estimate of drug-likeness (QED) is 0.438. The number of aromatic amines is 1. The van der Waals surface area contributed by atoms with Crippen LogP contribution < -0.4 is 0 Å². The van der Waals surface area contributed by atoms with E-state index in [0.717, 1.165) is 22.2 Å². The third-order valence-corrected chi connectivity index (χ3v) is 8.95. The second-order valence-corrected chi connectivity index (χ2v) is 11.1. The molecule has 1 fully saturated rings. The van der Waals surface area contributed by atoms with Gasteiger partial charge in [-0.2, -0.15) is 7.05 Å². The molecule has 0 unspecified atom stereocenters. The van der Waals surface area contributed by atoms with E-state index in [-0.39, 0.29) is 22.1 Å². The zero-order valence-corrected chi connectivity index (χ0v) is 19.8. The lowest BCUT2D eigenvalue weighted by Gasteiger charge is -2.66. The summed E-state index contributed by atoms with van der Waals surface area (Å²) in [5.41, 5.74) is 1.98. The fourth-order valence-corrected chi connectivity index (χ4v) is 6.69. The van der Waals surface area contributed by atoms with Crippen molar-refractivity contribution in [3.05, 3.63) is 65.6 Å². The van der Waals surface area contributed by atoms with Crippen molar-refractivity contribution in [1.82, 2.24) is 4.98 Å². The van der Waals surface area contributed by atoms with Crippen LogP contribution in [0.3, 0.4) is 0 Å². The third-order valence-electron chi connectivity index (χ3n) is 8.30. The molecule has 4 heteroatoms. The largest absolute Gasteiger partial charge is 0.659 e. The van der Waals surface area contributed by atoms with Gasteiger partial charge >= 0.3 is 0 Å². The summed E-state index contributed by atoms with van der Waals surface area (Å²) in [5, 5.41) is 18.6. The number of aliphatic hydroxyl groups is 1. The first-order valence-corrected chi connectivity index (χ1v) is 11.2. The first-order chi connectivity index (χ1) is 13.9. The summed E-state index contributed by atoms with van der Waals surface area (Å²) in [7, 11) is 1.80. The second kappa shape index (κ2) is 6.48. The Hall–Kier alpha value is -1.55. The van der Waals surface area contributed by atoms with Gasteiger partial charge in [-0.15, -0.1) is 24.8 Å². The van der Waals surface area contributed by atoms with Crippen molar-refractivity contribution >= 4 is 22.5 Å². The molecule has 5 atom stereocenters. The van der Waals surface area contributed by atoms with Gasteiger partial charge in [0.1, 0.15) is 0 Å². The number of fused-ring (bicyclic) bond motifs is 2. The number of rotatable bonds is 4. The Morgan fingerprint density at radius 1 is 1.27 bits per heavy atom. The van der Waals surface area contributed by atoms with Crippen molar-refractivity contribution in [2.24, 2.45) is 11.3 Å². The van der Waals surface area contributed by atoms with Gasteiger partial charge in [0.25, 0.3) is 0 Å². The van der Waals surface area contributed by atoms with Crippen LogP contribution in [0.2, 0.25) is 0 Å². The highest BCUT2D eigenvalue weighted by molar-refractivity contribution is 6.21. The van der Waals surface area contributed by atoms with E-state index in [2.05, 4.69) is 71.0 Å². The van der Waals surface area contributed by atoms with Crippen LogP contribution in [0.25, 0.3) is 16.2 Å². The number of allylic oxidation sites excluding steroid dienone is 1. The van der Waals surface area contributed by atoms with Gasteiger partial charge in [0.15, 0.2) is 0 Å². The number of benzene rings is 1. The molecule has 2 aliphatic carbocycles. The van der Waals surface area contributed by atoms with Crippen LogP contribution in [0.15, 0.2) is 43.5 Å². The minimum atomic E-state index is -1.17. The molecule has 0 saturated heterocycles. The Bertz CT molecular complexity index is 1040. The minimum Gasteiger partial charge on any atom is -0.659 e. The highest BCUT2D eigenvalue weighted by Crippen LogP contribution is 2.64. The molecule has 162 valence electrons. The lowest BCUT2D eigenvalue weighted by Crippen LogP contribution is -2.65. The van der Waals surface area contributed by atoms with E-state index in [9.17, 15) is 5.11 Å². The summed E-state index contributed by atoms with van der Waals surface area (Å²) in [5.74, 6) is -0.0810. The lowest BCUT2D eigenvalue weighted by molar-refractivity contribution is -0.118. The van der Waals surface area contributed by atoms with Gasteiger partial charge in [-0.25, -0.2) is 0 Å². The van der Waals surface area contributed by atoms with E-state index in [0.29, 0.717) is 6.42 Å². The van der Waals surface area contributed by atoms with Crippen molar-refractivity contribution in [2.45, 2.75) is 68.9 Å². The highest BCUT2D eigenvalue weighted by Gasteiger charge is 2.62. The number of hydrogen-bond donors (Lipinski definition) is 2. The van der Waals surface area contributed by atoms with Crippen LogP contribution in [0.4, 0.5) is 0 Å². The van der Waals surface area contributed by atoms with Crippen molar-refractivity contribution in [3.63, 3.8) is 0 Å². The minimum absolute atomic E-state index is 0.0810. The maximum absolute atomic E-state index is 12.8. The van der Waals surface area contributed by atoms with Gasteiger partial charge in [-0.3, -0.25) is 0 Å². The maximum atomic E-state index is 12.8. The van der Waals surface area contributed by atoms with Crippen molar-refractivity contribution in [3.8, 4) is 0 Å². The van der Waals surface area contributed by atoms with E-state index in [4.69, 9.17) is 16.9 Å². The zero-order chi connectivity index (χ0) is 22.3. The number of likely N-dealkylation sites (N-methyl/N-ethyl adjacent to an activating group) is 1. The second-order valence-electron chi connectivity index (χ2n) is 10.6. The van der Waals surface area contributed by atoms with Crippen LogP contribution in [0, 0.1) is 11.3 Å². The Kier molecular flexibility index (Phi) is 4.68. The van der Waals surface area contributed by atoms with Gasteiger partial charge in [0.05, 0.1) is 5.60 Å². The zero-order valence-electron chi connectivity index (χ0n) is 19.0. The number of aromatic nitrogens is 1. The molecule has 0 spiro atoms. The van der Waals surface area contributed by atoms with Gasteiger partial charge in [-0.1, -0.05) is 64.9 Å².